The lowest BCUT2D eigenvalue weighted by molar-refractivity contribution is -0.244. The average Bonchev–Trinajstić information content (AvgIpc) is 2.71. The SMILES string of the molecule is Cc1ccc(C([O-])=C2C=CC=C2)cc1. The van der Waals surface area contributed by atoms with Gasteiger partial charge in [0.2, 0.25) is 0 Å². The van der Waals surface area contributed by atoms with Crippen LogP contribution in [0, 0.1) is 6.92 Å². The first-order valence-electron chi connectivity index (χ1n) is 4.60. The van der Waals surface area contributed by atoms with Crippen molar-refractivity contribution in [2.24, 2.45) is 0 Å². The van der Waals surface area contributed by atoms with Crippen LogP contribution in [0.4, 0.5) is 0 Å². The molecule has 2 rings (SSSR count). The third-order valence-electron chi connectivity index (χ3n) is 2.24. The Hall–Kier alpha value is -1.76. The van der Waals surface area contributed by atoms with Gasteiger partial charge in [-0.1, -0.05) is 59.9 Å². The van der Waals surface area contributed by atoms with Gasteiger partial charge in [0.05, 0.1) is 0 Å². The lowest BCUT2D eigenvalue weighted by Gasteiger charge is -2.14. The van der Waals surface area contributed by atoms with E-state index in [1.54, 1.807) is 0 Å². The number of aryl methyl sites for hydroxylation is 1. The second kappa shape index (κ2) is 3.54. The van der Waals surface area contributed by atoms with Crippen LogP contribution in [0.5, 0.6) is 0 Å². The minimum absolute atomic E-state index is 0.0926. The van der Waals surface area contributed by atoms with Gasteiger partial charge in [0.25, 0.3) is 0 Å². The molecule has 1 aromatic carbocycles. The quantitative estimate of drug-likeness (QED) is 0.612. The Balaban J connectivity index is 2.40. The van der Waals surface area contributed by atoms with E-state index in [-0.39, 0.29) is 5.76 Å². The average molecular weight is 183 g/mol. The molecule has 1 heteroatoms. The Bertz CT molecular complexity index is 405. The molecule has 0 spiro atoms. The summed E-state index contributed by atoms with van der Waals surface area (Å²) in [5, 5.41) is 11.8. The van der Waals surface area contributed by atoms with Crippen LogP contribution in [0.1, 0.15) is 11.1 Å². The number of hydrogen-bond donors (Lipinski definition) is 0. The van der Waals surface area contributed by atoms with Crippen molar-refractivity contribution >= 4 is 5.76 Å². The molecule has 0 atom stereocenters. The van der Waals surface area contributed by atoms with Gasteiger partial charge in [0.15, 0.2) is 0 Å². The maximum absolute atomic E-state index is 11.8. The highest BCUT2D eigenvalue weighted by Crippen LogP contribution is 2.18. The van der Waals surface area contributed by atoms with Crippen LogP contribution < -0.4 is 5.11 Å². The van der Waals surface area contributed by atoms with E-state index in [0.29, 0.717) is 0 Å². The molecule has 14 heavy (non-hydrogen) atoms. The molecule has 0 heterocycles. The van der Waals surface area contributed by atoms with E-state index in [4.69, 9.17) is 0 Å². The highest BCUT2D eigenvalue weighted by atomic mass is 16.3. The van der Waals surface area contributed by atoms with Crippen molar-refractivity contribution in [3.8, 4) is 0 Å². The van der Waals surface area contributed by atoms with Gasteiger partial charge in [-0.2, -0.15) is 0 Å². The molecular formula is C13H11O-. The zero-order valence-corrected chi connectivity index (χ0v) is 8.03. The molecule has 0 bridgehead atoms. The van der Waals surface area contributed by atoms with Gasteiger partial charge in [-0.25, -0.2) is 0 Å². The summed E-state index contributed by atoms with van der Waals surface area (Å²) >= 11 is 0. The molecule has 0 radical (unpaired) electrons. The van der Waals surface area contributed by atoms with Gasteiger partial charge in [-0.3, -0.25) is 0 Å². The van der Waals surface area contributed by atoms with Crippen molar-refractivity contribution in [2.75, 3.05) is 0 Å². The molecule has 0 saturated carbocycles. The largest absolute Gasteiger partial charge is 0.872 e. The molecule has 0 fully saturated rings. The number of rotatable bonds is 1. The Kier molecular flexibility index (Phi) is 2.23. The first-order chi connectivity index (χ1) is 6.77. The lowest BCUT2D eigenvalue weighted by atomic mass is 10.1. The molecule has 0 saturated heterocycles. The van der Waals surface area contributed by atoms with Crippen LogP contribution in [0.25, 0.3) is 5.76 Å². The zero-order chi connectivity index (χ0) is 9.97. The molecule has 1 nitrogen and oxygen atoms in total. The highest BCUT2D eigenvalue weighted by Gasteiger charge is 1.96. The Labute approximate surface area is 83.7 Å². The summed E-state index contributed by atoms with van der Waals surface area (Å²) in [5.41, 5.74) is 2.68. The molecular weight excluding hydrogens is 172 g/mol. The molecule has 0 unspecified atom stereocenters. The molecule has 0 aliphatic heterocycles. The summed E-state index contributed by atoms with van der Waals surface area (Å²) in [6, 6.07) is 7.64. The minimum Gasteiger partial charge on any atom is -0.872 e. The van der Waals surface area contributed by atoms with Gasteiger partial charge in [0, 0.05) is 0 Å². The van der Waals surface area contributed by atoms with Crippen LogP contribution >= 0.6 is 0 Å². The van der Waals surface area contributed by atoms with Gasteiger partial charge in [0.1, 0.15) is 0 Å². The van der Waals surface area contributed by atoms with Crippen molar-refractivity contribution < 1.29 is 5.11 Å². The summed E-state index contributed by atoms with van der Waals surface area (Å²) in [7, 11) is 0. The standard InChI is InChI=1S/C13H12O/c1-10-6-8-12(9-7-10)13(14)11-4-2-3-5-11/h2-9,14H,1H3/p-1. The summed E-state index contributed by atoms with van der Waals surface area (Å²) < 4.78 is 0. The monoisotopic (exact) mass is 183 g/mol. The van der Waals surface area contributed by atoms with E-state index in [1.165, 1.54) is 5.56 Å². The molecule has 0 N–H and O–H groups in total. The van der Waals surface area contributed by atoms with Crippen molar-refractivity contribution in [2.45, 2.75) is 6.92 Å². The fourth-order valence-corrected chi connectivity index (χ4v) is 1.40. The van der Waals surface area contributed by atoms with Crippen molar-refractivity contribution in [3.63, 3.8) is 0 Å². The van der Waals surface area contributed by atoms with E-state index in [0.717, 1.165) is 11.1 Å². The van der Waals surface area contributed by atoms with E-state index in [1.807, 2.05) is 55.5 Å². The zero-order valence-electron chi connectivity index (χ0n) is 8.03. The van der Waals surface area contributed by atoms with E-state index in [2.05, 4.69) is 0 Å². The molecule has 1 aliphatic carbocycles. The Morgan fingerprint density at radius 1 is 1.00 bits per heavy atom. The maximum atomic E-state index is 11.8. The summed E-state index contributed by atoms with van der Waals surface area (Å²) in [6.45, 7) is 2.01. The molecule has 1 aromatic rings. The molecule has 0 amide bonds. The number of hydrogen-bond acceptors (Lipinski definition) is 1. The van der Waals surface area contributed by atoms with E-state index in [9.17, 15) is 5.11 Å². The number of allylic oxidation sites excluding steroid dienone is 5. The summed E-state index contributed by atoms with van der Waals surface area (Å²) in [6.07, 6.45) is 7.42. The summed E-state index contributed by atoms with van der Waals surface area (Å²) in [4.78, 5) is 0. The van der Waals surface area contributed by atoms with Gasteiger partial charge >= 0.3 is 0 Å². The van der Waals surface area contributed by atoms with Crippen molar-refractivity contribution in [3.05, 3.63) is 65.3 Å². The number of benzene rings is 1. The first-order valence-corrected chi connectivity index (χ1v) is 4.60. The van der Waals surface area contributed by atoms with E-state index >= 15 is 0 Å². The normalized spacial score (nSPS) is 13.6. The highest BCUT2D eigenvalue weighted by molar-refractivity contribution is 5.67. The Morgan fingerprint density at radius 2 is 1.57 bits per heavy atom. The third-order valence-corrected chi connectivity index (χ3v) is 2.24. The van der Waals surface area contributed by atoms with Gasteiger partial charge in [-0.05, 0) is 18.1 Å². The van der Waals surface area contributed by atoms with Crippen LogP contribution in [0.3, 0.4) is 0 Å². The molecule has 0 aromatic heterocycles. The summed E-state index contributed by atoms with van der Waals surface area (Å²) in [5.74, 6) is 0.0926. The van der Waals surface area contributed by atoms with Crippen LogP contribution in [-0.2, 0) is 0 Å². The van der Waals surface area contributed by atoms with Gasteiger partial charge < -0.3 is 5.11 Å². The molecule has 70 valence electrons. The first kappa shape index (κ1) is 8.82. The molecule has 1 aliphatic rings. The lowest BCUT2D eigenvalue weighted by Crippen LogP contribution is -2.04. The predicted octanol–water partition coefficient (Wildman–Crippen LogP) is 2.19. The van der Waals surface area contributed by atoms with Crippen LogP contribution in [0.15, 0.2) is 54.1 Å². The Morgan fingerprint density at radius 3 is 2.14 bits per heavy atom. The second-order valence-electron chi connectivity index (χ2n) is 3.37. The fourth-order valence-electron chi connectivity index (χ4n) is 1.40. The van der Waals surface area contributed by atoms with E-state index < -0.39 is 0 Å². The van der Waals surface area contributed by atoms with Crippen molar-refractivity contribution in [1.82, 2.24) is 0 Å². The smallest absolute Gasteiger partial charge is 0.0329 e. The second-order valence-corrected chi connectivity index (χ2v) is 3.37. The third kappa shape index (κ3) is 1.62. The predicted molar refractivity (Wildman–Crippen MR) is 56.4 cm³/mol. The fraction of sp³-hybridized carbons (Fsp3) is 0.0769. The van der Waals surface area contributed by atoms with Crippen molar-refractivity contribution in [1.29, 1.82) is 0 Å². The van der Waals surface area contributed by atoms with Gasteiger partial charge in [-0.15, -0.1) is 0 Å². The van der Waals surface area contributed by atoms with Crippen LogP contribution in [0.2, 0.25) is 0 Å². The maximum Gasteiger partial charge on any atom is -0.0329 e. The topological polar surface area (TPSA) is 23.1 Å². The minimum atomic E-state index is 0.0926. The van der Waals surface area contributed by atoms with Crippen LogP contribution in [-0.4, -0.2) is 0 Å².